The molecule has 0 spiro atoms. The number of hydrogen-bond acceptors (Lipinski definition) is 7. The third kappa shape index (κ3) is 3.58. The van der Waals surface area contributed by atoms with Gasteiger partial charge in [-0.25, -0.2) is 4.98 Å². The number of rotatable bonds is 5. The van der Waals surface area contributed by atoms with E-state index in [1.54, 1.807) is 24.9 Å². The zero-order valence-corrected chi connectivity index (χ0v) is 13.0. The van der Waals surface area contributed by atoms with Crippen LogP contribution in [-0.2, 0) is 4.74 Å². The summed E-state index contributed by atoms with van der Waals surface area (Å²) in [5, 5.41) is 14.0. The molecule has 8 heteroatoms. The Labute approximate surface area is 132 Å². The van der Waals surface area contributed by atoms with E-state index in [1.807, 2.05) is 6.07 Å². The fraction of sp³-hybridized carbons (Fsp3) is 0.429. The molecular formula is C14H17N5O2S. The van der Waals surface area contributed by atoms with Gasteiger partial charge in [0, 0.05) is 19.3 Å². The van der Waals surface area contributed by atoms with E-state index in [0.717, 1.165) is 25.1 Å². The molecule has 2 heterocycles. The quantitative estimate of drug-likeness (QED) is 0.878. The molecule has 1 aliphatic rings. The van der Waals surface area contributed by atoms with E-state index >= 15 is 0 Å². The van der Waals surface area contributed by atoms with Crippen molar-refractivity contribution in [2.45, 2.75) is 31.4 Å². The van der Waals surface area contributed by atoms with E-state index < -0.39 is 0 Å². The zero-order valence-electron chi connectivity index (χ0n) is 12.2. The van der Waals surface area contributed by atoms with Crippen LogP contribution in [0.15, 0.2) is 23.8 Å². The standard InChI is InChI=1S/C14H17N5O2S/c1-21-11-4-3-10(6-11)17-12-5-2-9(7-15-12)13(20)18-14-19-16-8-22-14/h2,5,7-8,10-11H,3-4,6H2,1H3,(H,15,17)(H,18,19,20). The van der Waals surface area contributed by atoms with Crippen LogP contribution in [0.25, 0.3) is 0 Å². The van der Waals surface area contributed by atoms with E-state index in [2.05, 4.69) is 25.8 Å². The second-order valence-corrected chi connectivity index (χ2v) is 5.98. The molecule has 3 rings (SSSR count). The molecule has 22 heavy (non-hydrogen) atoms. The van der Waals surface area contributed by atoms with Gasteiger partial charge in [0.1, 0.15) is 11.3 Å². The number of carbonyl (C=O) groups is 1. The first kappa shape index (κ1) is 14.9. The van der Waals surface area contributed by atoms with Crippen molar-refractivity contribution in [1.29, 1.82) is 0 Å². The van der Waals surface area contributed by atoms with E-state index in [1.165, 1.54) is 11.3 Å². The molecule has 0 bridgehead atoms. The molecule has 0 aromatic carbocycles. The average molecular weight is 319 g/mol. The van der Waals surface area contributed by atoms with Gasteiger partial charge in [0.05, 0.1) is 11.7 Å². The molecule has 2 atom stereocenters. The first-order valence-electron chi connectivity index (χ1n) is 7.07. The molecule has 1 fully saturated rings. The van der Waals surface area contributed by atoms with Crippen molar-refractivity contribution in [3.8, 4) is 0 Å². The topological polar surface area (TPSA) is 89.0 Å². The van der Waals surface area contributed by atoms with Crippen molar-refractivity contribution in [3.05, 3.63) is 29.4 Å². The Kier molecular flexibility index (Phi) is 4.59. The third-order valence-electron chi connectivity index (χ3n) is 3.68. The zero-order chi connectivity index (χ0) is 15.4. The van der Waals surface area contributed by atoms with Gasteiger partial charge in [0.15, 0.2) is 0 Å². The summed E-state index contributed by atoms with van der Waals surface area (Å²) in [6.45, 7) is 0. The molecule has 1 amide bonds. The fourth-order valence-electron chi connectivity index (χ4n) is 2.50. The lowest BCUT2D eigenvalue weighted by Gasteiger charge is -2.13. The van der Waals surface area contributed by atoms with E-state index in [-0.39, 0.29) is 5.91 Å². The lowest BCUT2D eigenvalue weighted by atomic mass is 10.2. The molecule has 116 valence electrons. The van der Waals surface area contributed by atoms with Crippen LogP contribution in [0.4, 0.5) is 10.9 Å². The first-order valence-corrected chi connectivity index (χ1v) is 7.95. The van der Waals surface area contributed by atoms with Gasteiger partial charge >= 0.3 is 0 Å². The summed E-state index contributed by atoms with van der Waals surface area (Å²) < 4.78 is 5.36. The predicted octanol–water partition coefficient (Wildman–Crippen LogP) is 2.16. The van der Waals surface area contributed by atoms with Crippen LogP contribution in [0.1, 0.15) is 29.6 Å². The number of methoxy groups -OCH3 is 1. The van der Waals surface area contributed by atoms with Crippen molar-refractivity contribution >= 4 is 28.2 Å². The summed E-state index contributed by atoms with van der Waals surface area (Å²) in [4.78, 5) is 16.3. The van der Waals surface area contributed by atoms with Crippen molar-refractivity contribution in [3.63, 3.8) is 0 Å². The molecule has 2 N–H and O–H groups in total. The number of amides is 1. The molecule has 2 unspecified atom stereocenters. The van der Waals surface area contributed by atoms with Gasteiger partial charge in [-0.05, 0) is 31.4 Å². The molecule has 2 aromatic rings. The molecule has 7 nitrogen and oxygen atoms in total. The van der Waals surface area contributed by atoms with Crippen LogP contribution >= 0.6 is 11.3 Å². The second-order valence-electron chi connectivity index (χ2n) is 5.14. The fourth-order valence-corrected chi connectivity index (χ4v) is 2.94. The number of hydrogen-bond donors (Lipinski definition) is 2. The Hall–Kier alpha value is -2.06. The molecule has 1 saturated carbocycles. The van der Waals surface area contributed by atoms with Crippen LogP contribution in [0, 0.1) is 0 Å². The molecule has 0 saturated heterocycles. The average Bonchev–Trinajstić information content (AvgIpc) is 3.19. The molecule has 2 aromatic heterocycles. The Balaban J connectivity index is 1.57. The lowest BCUT2D eigenvalue weighted by Crippen LogP contribution is -2.18. The minimum Gasteiger partial charge on any atom is -0.381 e. The molecule has 0 aliphatic heterocycles. The molecule has 0 radical (unpaired) electrons. The number of nitrogens with one attached hydrogen (secondary N) is 2. The van der Waals surface area contributed by atoms with E-state index in [9.17, 15) is 4.79 Å². The van der Waals surface area contributed by atoms with Gasteiger partial charge in [0.2, 0.25) is 5.13 Å². The van der Waals surface area contributed by atoms with Crippen LogP contribution in [0.5, 0.6) is 0 Å². The largest absolute Gasteiger partial charge is 0.381 e. The van der Waals surface area contributed by atoms with Crippen LogP contribution in [-0.4, -0.2) is 40.3 Å². The maximum absolute atomic E-state index is 12.0. The Morgan fingerprint density at radius 1 is 1.41 bits per heavy atom. The minimum atomic E-state index is -0.240. The predicted molar refractivity (Wildman–Crippen MR) is 84.2 cm³/mol. The maximum atomic E-state index is 12.0. The van der Waals surface area contributed by atoms with Crippen molar-refractivity contribution in [2.75, 3.05) is 17.7 Å². The monoisotopic (exact) mass is 319 g/mol. The molecular weight excluding hydrogens is 302 g/mol. The highest BCUT2D eigenvalue weighted by Gasteiger charge is 2.24. The Bertz CT molecular complexity index is 617. The van der Waals surface area contributed by atoms with Crippen molar-refractivity contribution in [1.82, 2.24) is 15.2 Å². The first-order chi connectivity index (χ1) is 10.7. The summed E-state index contributed by atoms with van der Waals surface area (Å²) in [5.41, 5.74) is 2.05. The van der Waals surface area contributed by atoms with Gasteiger partial charge in [-0.15, -0.1) is 10.2 Å². The highest BCUT2D eigenvalue weighted by Crippen LogP contribution is 2.24. The smallest absolute Gasteiger partial charge is 0.259 e. The third-order valence-corrected chi connectivity index (χ3v) is 4.28. The summed E-state index contributed by atoms with van der Waals surface area (Å²) in [7, 11) is 1.75. The number of nitrogens with zero attached hydrogens (tertiary/aromatic N) is 3. The summed E-state index contributed by atoms with van der Waals surface area (Å²) >= 11 is 1.27. The number of anilines is 2. The minimum absolute atomic E-state index is 0.240. The summed E-state index contributed by atoms with van der Waals surface area (Å²) in [5.74, 6) is 0.533. The van der Waals surface area contributed by atoms with Crippen LogP contribution in [0.3, 0.4) is 0 Å². The maximum Gasteiger partial charge on any atom is 0.259 e. The van der Waals surface area contributed by atoms with Gasteiger partial charge in [-0.1, -0.05) is 11.3 Å². The lowest BCUT2D eigenvalue weighted by molar-refractivity contribution is 0.102. The van der Waals surface area contributed by atoms with Gasteiger partial charge in [-0.3, -0.25) is 10.1 Å². The highest BCUT2D eigenvalue weighted by molar-refractivity contribution is 7.13. The normalized spacial score (nSPS) is 20.8. The van der Waals surface area contributed by atoms with Crippen LogP contribution < -0.4 is 10.6 Å². The highest BCUT2D eigenvalue weighted by atomic mass is 32.1. The van der Waals surface area contributed by atoms with Gasteiger partial charge < -0.3 is 10.1 Å². The SMILES string of the molecule is COC1CCC(Nc2ccc(C(=O)Nc3nncs3)cn2)C1. The Morgan fingerprint density at radius 2 is 2.32 bits per heavy atom. The number of ether oxygens (including phenoxy) is 1. The van der Waals surface area contributed by atoms with E-state index in [0.29, 0.717) is 22.8 Å². The second kappa shape index (κ2) is 6.80. The summed E-state index contributed by atoms with van der Waals surface area (Å²) in [6.07, 6.45) is 5.00. The molecule has 1 aliphatic carbocycles. The van der Waals surface area contributed by atoms with Gasteiger partial charge in [0.25, 0.3) is 5.91 Å². The van der Waals surface area contributed by atoms with Crippen molar-refractivity contribution < 1.29 is 9.53 Å². The Morgan fingerprint density at radius 3 is 2.95 bits per heavy atom. The van der Waals surface area contributed by atoms with Gasteiger partial charge in [-0.2, -0.15) is 0 Å². The van der Waals surface area contributed by atoms with Crippen LogP contribution in [0.2, 0.25) is 0 Å². The number of carbonyl (C=O) groups excluding carboxylic acids is 1. The van der Waals surface area contributed by atoms with E-state index in [4.69, 9.17) is 4.74 Å². The number of aromatic nitrogens is 3. The summed E-state index contributed by atoms with van der Waals surface area (Å²) in [6, 6.07) is 3.93. The number of pyridine rings is 1. The van der Waals surface area contributed by atoms with Crippen molar-refractivity contribution in [2.24, 2.45) is 0 Å².